The van der Waals surface area contributed by atoms with Gasteiger partial charge in [-0.3, -0.25) is 0 Å². The van der Waals surface area contributed by atoms with Crippen molar-refractivity contribution in [1.82, 2.24) is 4.90 Å². The van der Waals surface area contributed by atoms with E-state index in [1.807, 2.05) is 4.90 Å². The standard InChI is InChI=1S/C16H20N2O3/c1-12-4-3-9-18(11-12)16(21)17-14-6-2-5-13(10-14)7-8-15(19)20/h2,5-8,10,12H,3-4,9,11H2,1H3,(H,17,21)(H,19,20). The Morgan fingerprint density at radius 1 is 1.43 bits per heavy atom. The summed E-state index contributed by atoms with van der Waals surface area (Å²) in [4.78, 5) is 24.5. The predicted octanol–water partition coefficient (Wildman–Crippen LogP) is 3.05. The fourth-order valence-electron chi connectivity index (χ4n) is 2.46. The zero-order chi connectivity index (χ0) is 15.2. The second-order valence-corrected chi connectivity index (χ2v) is 5.42. The Hall–Kier alpha value is -2.30. The van der Waals surface area contributed by atoms with E-state index < -0.39 is 5.97 Å². The van der Waals surface area contributed by atoms with Gasteiger partial charge in [0, 0.05) is 24.9 Å². The third-order valence-electron chi connectivity index (χ3n) is 3.50. The average Bonchev–Trinajstić information content (AvgIpc) is 2.45. The molecule has 1 fully saturated rings. The molecule has 1 aromatic rings. The molecule has 5 nitrogen and oxygen atoms in total. The van der Waals surface area contributed by atoms with Crippen molar-refractivity contribution >= 4 is 23.8 Å². The molecule has 1 aliphatic heterocycles. The van der Waals surface area contributed by atoms with Gasteiger partial charge in [-0.25, -0.2) is 9.59 Å². The van der Waals surface area contributed by atoms with E-state index in [9.17, 15) is 9.59 Å². The van der Waals surface area contributed by atoms with Crippen molar-refractivity contribution in [3.63, 3.8) is 0 Å². The number of amides is 2. The fraction of sp³-hybridized carbons (Fsp3) is 0.375. The number of rotatable bonds is 3. The average molecular weight is 288 g/mol. The van der Waals surface area contributed by atoms with Crippen LogP contribution in [0.3, 0.4) is 0 Å². The maximum atomic E-state index is 12.2. The second-order valence-electron chi connectivity index (χ2n) is 5.42. The molecule has 1 aromatic carbocycles. The maximum absolute atomic E-state index is 12.2. The SMILES string of the molecule is CC1CCCN(C(=O)Nc2cccc(C=CC(=O)O)c2)C1. The lowest BCUT2D eigenvalue weighted by molar-refractivity contribution is -0.131. The van der Waals surface area contributed by atoms with Crippen LogP contribution in [0.2, 0.25) is 0 Å². The molecule has 112 valence electrons. The van der Waals surface area contributed by atoms with Crippen LogP contribution >= 0.6 is 0 Å². The van der Waals surface area contributed by atoms with E-state index >= 15 is 0 Å². The number of carboxylic acid groups (broad SMARTS) is 1. The molecule has 0 spiro atoms. The number of carbonyl (C=O) groups excluding carboxylic acids is 1. The summed E-state index contributed by atoms with van der Waals surface area (Å²) >= 11 is 0. The number of urea groups is 1. The number of nitrogens with one attached hydrogen (secondary N) is 1. The van der Waals surface area contributed by atoms with Gasteiger partial charge < -0.3 is 15.3 Å². The van der Waals surface area contributed by atoms with Crippen molar-refractivity contribution in [3.8, 4) is 0 Å². The fourth-order valence-corrected chi connectivity index (χ4v) is 2.46. The first kappa shape index (κ1) is 15.1. The number of anilines is 1. The van der Waals surface area contributed by atoms with Crippen LogP contribution in [-0.2, 0) is 4.79 Å². The molecule has 5 heteroatoms. The van der Waals surface area contributed by atoms with Gasteiger partial charge in [-0.05, 0) is 42.5 Å². The van der Waals surface area contributed by atoms with Crippen LogP contribution in [-0.4, -0.2) is 35.1 Å². The molecule has 2 rings (SSSR count). The Bertz CT molecular complexity index is 554. The molecule has 1 atom stereocenters. The molecule has 1 heterocycles. The minimum absolute atomic E-state index is 0.0964. The minimum Gasteiger partial charge on any atom is -0.478 e. The topological polar surface area (TPSA) is 69.6 Å². The number of likely N-dealkylation sites (tertiary alicyclic amines) is 1. The molecule has 0 saturated carbocycles. The number of aliphatic carboxylic acids is 1. The molecule has 0 radical (unpaired) electrons. The van der Waals surface area contributed by atoms with Crippen LogP contribution in [0, 0.1) is 5.92 Å². The van der Waals surface area contributed by atoms with Gasteiger partial charge in [0.2, 0.25) is 0 Å². The van der Waals surface area contributed by atoms with Crippen LogP contribution < -0.4 is 5.32 Å². The first-order chi connectivity index (χ1) is 10.0. The van der Waals surface area contributed by atoms with Gasteiger partial charge in [-0.1, -0.05) is 19.1 Å². The van der Waals surface area contributed by atoms with E-state index in [2.05, 4.69) is 12.2 Å². The van der Waals surface area contributed by atoms with Crippen LogP contribution in [0.25, 0.3) is 6.08 Å². The van der Waals surface area contributed by atoms with Crippen LogP contribution in [0.15, 0.2) is 30.3 Å². The van der Waals surface area contributed by atoms with E-state index in [0.717, 1.165) is 31.1 Å². The first-order valence-corrected chi connectivity index (χ1v) is 7.11. The van der Waals surface area contributed by atoms with Crippen molar-refractivity contribution in [2.45, 2.75) is 19.8 Å². The van der Waals surface area contributed by atoms with Crippen molar-refractivity contribution in [1.29, 1.82) is 0 Å². The summed E-state index contributed by atoms with van der Waals surface area (Å²) in [6.45, 7) is 3.72. The highest BCUT2D eigenvalue weighted by atomic mass is 16.4. The summed E-state index contributed by atoms with van der Waals surface area (Å²) in [5.74, 6) is -0.457. The number of carboxylic acids is 1. The Morgan fingerprint density at radius 3 is 2.95 bits per heavy atom. The number of carbonyl (C=O) groups is 2. The number of hydrogen-bond acceptors (Lipinski definition) is 2. The maximum Gasteiger partial charge on any atom is 0.328 e. The Morgan fingerprint density at radius 2 is 2.24 bits per heavy atom. The summed E-state index contributed by atoms with van der Waals surface area (Å²) in [5, 5.41) is 11.5. The monoisotopic (exact) mass is 288 g/mol. The molecular weight excluding hydrogens is 268 g/mol. The molecule has 21 heavy (non-hydrogen) atoms. The van der Waals surface area contributed by atoms with Crippen molar-refractivity contribution < 1.29 is 14.7 Å². The highest BCUT2D eigenvalue weighted by Gasteiger charge is 2.20. The Labute approximate surface area is 124 Å². The molecule has 1 saturated heterocycles. The largest absolute Gasteiger partial charge is 0.478 e. The Balaban J connectivity index is 2.00. The van der Waals surface area contributed by atoms with E-state index in [0.29, 0.717) is 11.6 Å². The highest BCUT2D eigenvalue weighted by molar-refractivity contribution is 5.90. The zero-order valence-electron chi connectivity index (χ0n) is 12.1. The van der Waals surface area contributed by atoms with Gasteiger partial charge in [0.1, 0.15) is 0 Å². The third kappa shape index (κ3) is 4.63. The smallest absolute Gasteiger partial charge is 0.328 e. The van der Waals surface area contributed by atoms with Gasteiger partial charge >= 0.3 is 12.0 Å². The molecular formula is C16H20N2O3. The second kappa shape index (κ2) is 6.92. The molecule has 0 bridgehead atoms. The summed E-state index contributed by atoms with van der Waals surface area (Å²) < 4.78 is 0. The van der Waals surface area contributed by atoms with Crippen molar-refractivity contribution in [3.05, 3.63) is 35.9 Å². The third-order valence-corrected chi connectivity index (χ3v) is 3.50. The van der Waals surface area contributed by atoms with Crippen LogP contribution in [0.4, 0.5) is 10.5 Å². The Kier molecular flexibility index (Phi) is 4.98. The van der Waals surface area contributed by atoms with Gasteiger partial charge in [-0.2, -0.15) is 0 Å². The number of benzene rings is 1. The van der Waals surface area contributed by atoms with E-state index in [-0.39, 0.29) is 6.03 Å². The van der Waals surface area contributed by atoms with Gasteiger partial charge in [0.15, 0.2) is 0 Å². The van der Waals surface area contributed by atoms with Crippen molar-refractivity contribution in [2.75, 3.05) is 18.4 Å². The first-order valence-electron chi connectivity index (χ1n) is 7.11. The molecule has 2 N–H and O–H groups in total. The lowest BCUT2D eigenvalue weighted by Crippen LogP contribution is -2.41. The van der Waals surface area contributed by atoms with Crippen molar-refractivity contribution in [2.24, 2.45) is 5.92 Å². The van der Waals surface area contributed by atoms with E-state index in [1.165, 1.54) is 12.5 Å². The van der Waals surface area contributed by atoms with E-state index in [1.54, 1.807) is 24.3 Å². The van der Waals surface area contributed by atoms with Crippen LogP contribution in [0.1, 0.15) is 25.3 Å². The van der Waals surface area contributed by atoms with Gasteiger partial charge in [-0.15, -0.1) is 0 Å². The summed E-state index contributed by atoms with van der Waals surface area (Å²) in [7, 11) is 0. The summed E-state index contributed by atoms with van der Waals surface area (Å²) in [6, 6.07) is 7.03. The quantitative estimate of drug-likeness (QED) is 0.840. The normalized spacial score (nSPS) is 18.7. The predicted molar refractivity (Wildman–Crippen MR) is 82.1 cm³/mol. The van der Waals surface area contributed by atoms with Gasteiger partial charge in [0.25, 0.3) is 0 Å². The molecule has 1 unspecified atom stereocenters. The molecule has 1 aliphatic rings. The summed E-state index contributed by atoms with van der Waals surface area (Å²) in [5.41, 5.74) is 1.41. The lowest BCUT2D eigenvalue weighted by Gasteiger charge is -2.30. The van der Waals surface area contributed by atoms with Gasteiger partial charge in [0.05, 0.1) is 0 Å². The minimum atomic E-state index is -0.994. The molecule has 0 aliphatic carbocycles. The number of nitrogens with zero attached hydrogens (tertiary/aromatic N) is 1. The summed E-state index contributed by atoms with van der Waals surface area (Å²) in [6.07, 6.45) is 4.78. The highest BCUT2D eigenvalue weighted by Crippen LogP contribution is 2.18. The zero-order valence-corrected chi connectivity index (χ0v) is 12.1. The number of hydrogen-bond donors (Lipinski definition) is 2. The number of piperidine rings is 1. The molecule has 2 amide bonds. The molecule has 0 aromatic heterocycles. The lowest BCUT2D eigenvalue weighted by atomic mass is 10.0. The van der Waals surface area contributed by atoms with E-state index in [4.69, 9.17) is 5.11 Å². The van der Waals surface area contributed by atoms with Crippen LogP contribution in [0.5, 0.6) is 0 Å².